The maximum absolute atomic E-state index is 12.8. The van der Waals surface area contributed by atoms with E-state index in [1.165, 1.54) is 5.57 Å². The van der Waals surface area contributed by atoms with Gasteiger partial charge < -0.3 is 9.47 Å². The number of fused-ring (bicyclic) bond motifs is 1. The lowest BCUT2D eigenvalue weighted by Crippen LogP contribution is -2.14. The first-order valence-corrected chi connectivity index (χ1v) is 7.30. The van der Waals surface area contributed by atoms with Crippen molar-refractivity contribution in [2.24, 2.45) is 0 Å². The maximum Gasteiger partial charge on any atom is 0.189 e. The highest BCUT2D eigenvalue weighted by atomic mass is 16.5. The zero-order valence-electron chi connectivity index (χ0n) is 11.9. The highest BCUT2D eigenvalue weighted by Crippen LogP contribution is 2.30. The van der Waals surface area contributed by atoms with Crippen LogP contribution in [-0.4, -0.2) is 26.1 Å². The zero-order chi connectivity index (χ0) is 13.9. The van der Waals surface area contributed by atoms with Gasteiger partial charge in [-0.15, -0.1) is 0 Å². The van der Waals surface area contributed by atoms with Crippen molar-refractivity contribution in [1.29, 1.82) is 0 Å². The molecule has 0 amide bonds. The molecule has 1 fully saturated rings. The van der Waals surface area contributed by atoms with E-state index in [9.17, 15) is 4.79 Å². The molecule has 1 aliphatic heterocycles. The molecule has 1 aromatic rings. The summed E-state index contributed by atoms with van der Waals surface area (Å²) in [5.74, 6) is 1.02. The second-order valence-corrected chi connectivity index (χ2v) is 5.44. The standard InChI is InChI=1S/C17H20O3/c1-19-14-7-8-16-12(10-14)4-2-6-15(17(16)18)13-5-3-9-20-11-13/h7-8,10H,2-6,9,11H2,1H3/b15-13-. The van der Waals surface area contributed by atoms with Crippen molar-refractivity contribution in [1.82, 2.24) is 0 Å². The third kappa shape index (κ3) is 2.50. The Labute approximate surface area is 119 Å². The lowest BCUT2D eigenvalue weighted by molar-refractivity contribution is 0.101. The summed E-state index contributed by atoms with van der Waals surface area (Å²) in [4.78, 5) is 12.8. The molecule has 106 valence electrons. The van der Waals surface area contributed by atoms with Crippen LogP contribution < -0.4 is 4.74 Å². The molecule has 1 heterocycles. The van der Waals surface area contributed by atoms with Crippen molar-refractivity contribution < 1.29 is 14.3 Å². The van der Waals surface area contributed by atoms with Crippen LogP contribution in [0.25, 0.3) is 0 Å². The van der Waals surface area contributed by atoms with Gasteiger partial charge in [-0.3, -0.25) is 4.79 Å². The molecular formula is C17H20O3. The Hall–Kier alpha value is -1.61. The number of aryl methyl sites for hydroxylation is 1. The first kappa shape index (κ1) is 13.4. The van der Waals surface area contributed by atoms with Crippen LogP contribution in [0.2, 0.25) is 0 Å². The fraction of sp³-hybridized carbons (Fsp3) is 0.471. The van der Waals surface area contributed by atoms with Gasteiger partial charge in [-0.05, 0) is 61.4 Å². The smallest absolute Gasteiger partial charge is 0.189 e. The Kier molecular flexibility index (Phi) is 3.88. The number of hydrogen-bond donors (Lipinski definition) is 0. The minimum atomic E-state index is 0.195. The van der Waals surface area contributed by atoms with Gasteiger partial charge >= 0.3 is 0 Å². The zero-order valence-corrected chi connectivity index (χ0v) is 11.9. The first-order valence-electron chi connectivity index (χ1n) is 7.30. The highest BCUT2D eigenvalue weighted by Gasteiger charge is 2.24. The fourth-order valence-electron chi connectivity index (χ4n) is 3.09. The number of ether oxygens (including phenoxy) is 2. The van der Waals surface area contributed by atoms with Crippen LogP contribution in [0.3, 0.4) is 0 Å². The minimum absolute atomic E-state index is 0.195. The molecule has 0 saturated carbocycles. The predicted octanol–water partition coefficient (Wildman–Crippen LogP) is 3.32. The average Bonchev–Trinajstić information content (AvgIpc) is 2.67. The molecule has 1 aromatic carbocycles. The Balaban J connectivity index is 1.99. The van der Waals surface area contributed by atoms with Gasteiger partial charge in [0, 0.05) is 17.7 Å². The van der Waals surface area contributed by atoms with Crippen molar-refractivity contribution in [3.8, 4) is 5.75 Å². The molecule has 1 aliphatic carbocycles. The molecule has 3 nitrogen and oxygen atoms in total. The van der Waals surface area contributed by atoms with Crippen LogP contribution in [0.15, 0.2) is 29.3 Å². The van der Waals surface area contributed by atoms with E-state index in [1.54, 1.807) is 7.11 Å². The van der Waals surface area contributed by atoms with E-state index < -0.39 is 0 Å². The van der Waals surface area contributed by atoms with Crippen LogP contribution >= 0.6 is 0 Å². The summed E-state index contributed by atoms with van der Waals surface area (Å²) in [7, 11) is 1.66. The van der Waals surface area contributed by atoms with Gasteiger partial charge in [0.25, 0.3) is 0 Å². The fourth-order valence-corrected chi connectivity index (χ4v) is 3.09. The number of carbonyl (C=O) groups is 1. The normalized spacial score (nSPS) is 23.1. The largest absolute Gasteiger partial charge is 0.497 e. The maximum atomic E-state index is 12.8. The Morgan fingerprint density at radius 3 is 2.80 bits per heavy atom. The summed E-state index contributed by atoms with van der Waals surface area (Å²) >= 11 is 0. The van der Waals surface area contributed by atoms with Crippen LogP contribution in [0, 0.1) is 0 Å². The van der Waals surface area contributed by atoms with E-state index >= 15 is 0 Å². The number of rotatable bonds is 1. The molecule has 0 atom stereocenters. The van der Waals surface area contributed by atoms with Gasteiger partial charge in [0.2, 0.25) is 0 Å². The molecule has 0 radical (unpaired) electrons. The van der Waals surface area contributed by atoms with Crippen molar-refractivity contribution in [2.45, 2.75) is 32.1 Å². The van der Waals surface area contributed by atoms with Crippen LogP contribution in [-0.2, 0) is 11.2 Å². The number of ketones is 1. The van der Waals surface area contributed by atoms with Gasteiger partial charge in [-0.2, -0.15) is 0 Å². The van der Waals surface area contributed by atoms with Crippen LogP contribution in [0.1, 0.15) is 41.6 Å². The van der Waals surface area contributed by atoms with Crippen molar-refractivity contribution >= 4 is 5.78 Å². The van der Waals surface area contributed by atoms with Crippen molar-refractivity contribution in [2.75, 3.05) is 20.3 Å². The minimum Gasteiger partial charge on any atom is -0.497 e. The summed E-state index contributed by atoms with van der Waals surface area (Å²) in [6.07, 6.45) is 4.86. The van der Waals surface area contributed by atoms with Crippen LogP contribution in [0.4, 0.5) is 0 Å². The SMILES string of the molecule is COc1ccc2c(c1)CCC/C(=C1\CCCOC1)C2=O. The molecule has 2 aliphatic rings. The summed E-state index contributed by atoms with van der Waals surface area (Å²) in [5.41, 5.74) is 4.16. The number of carbonyl (C=O) groups excluding carboxylic acids is 1. The van der Waals surface area contributed by atoms with E-state index in [0.29, 0.717) is 6.61 Å². The van der Waals surface area contributed by atoms with Crippen molar-refractivity contribution in [3.05, 3.63) is 40.5 Å². The van der Waals surface area contributed by atoms with Gasteiger partial charge in [-0.1, -0.05) is 0 Å². The van der Waals surface area contributed by atoms with E-state index in [4.69, 9.17) is 9.47 Å². The molecule has 3 rings (SSSR count). The van der Waals surface area contributed by atoms with E-state index in [0.717, 1.165) is 61.2 Å². The second-order valence-electron chi connectivity index (χ2n) is 5.44. The molecule has 0 bridgehead atoms. The number of Topliss-reactive ketones (excluding diaryl/α,β-unsaturated/α-hetero) is 1. The third-order valence-corrected chi connectivity index (χ3v) is 4.17. The molecule has 0 spiro atoms. The number of benzene rings is 1. The molecule has 0 N–H and O–H groups in total. The monoisotopic (exact) mass is 272 g/mol. The topological polar surface area (TPSA) is 35.5 Å². The number of methoxy groups -OCH3 is 1. The summed E-state index contributed by atoms with van der Waals surface area (Å²) in [6, 6.07) is 5.78. The average molecular weight is 272 g/mol. The van der Waals surface area contributed by atoms with E-state index in [2.05, 4.69) is 0 Å². The molecule has 3 heteroatoms. The highest BCUT2D eigenvalue weighted by molar-refractivity contribution is 6.10. The van der Waals surface area contributed by atoms with Gasteiger partial charge in [0.05, 0.1) is 13.7 Å². The summed E-state index contributed by atoms with van der Waals surface area (Å²) in [5, 5.41) is 0. The first-order chi connectivity index (χ1) is 9.79. The quantitative estimate of drug-likeness (QED) is 0.581. The van der Waals surface area contributed by atoms with Crippen molar-refractivity contribution in [3.63, 3.8) is 0 Å². The predicted molar refractivity (Wildman–Crippen MR) is 77.3 cm³/mol. The van der Waals surface area contributed by atoms with Gasteiger partial charge in [-0.25, -0.2) is 0 Å². The molecule has 1 saturated heterocycles. The molecule has 0 aromatic heterocycles. The number of allylic oxidation sites excluding steroid dienone is 1. The summed E-state index contributed by atoms with van der Waals surface area (Å²) in [6.45, 7) is 1.45. The second kappa shape index (κ2) is 5.80. The van der Waals surface area contributed by atoms with Crippen LogP contribution in [0.5, 0.6) is 5.75 Å². The lowest BCUT2D eigenvalue weighted by atomic mass is 9.93. The summed E-state index contributed by atoms with van der Waals surface area (Å²) < 4.78 is 10.8. The van der Waals surface area contributed by atoms with Gasteiger partial charge in [0.15, 0.2) is 5.78 Å². The lowest BCUT2D eigenvalue weighted by Gasteiger charge is -2.18. The molecular weight excluding hydrogens is 252 g/mol. The Morgan fingerprint density at radius 2 is 2.05 bits per heavy atom. The van der Waals surface area contributed by atoms with Gasteiger partial charge in [0.1, 0.15) is 5.75 Å². The number of hydrogen-bond acceptors (Lipinski definition) is 3. The Bertz CT molecular complexity index is 549. The van der Waals surface area contributed by atoms with E-state index in [-0.39, 0.29) is 5.78 Å². The molecule has 0 unspecified atom stereocenters. The van der Waals surface area contributed by atoms with E-state index in [1.807, 2.05) is 18.2 Å². The Morgan fingerprint density at radius 1 is 1.15 bits per heavy atom. The third-order valence-electron chi connectivity index (χ3n) is 4.17. The molecule has 20 heavy (non-hydrogen) atoms.